The topological polar surface area (TPSA) is 153 Å². The van der Waals surface area contributed by atoms with Gasteiger partial charge in [0.1, 0.15) is 6.04 Å². The van der Waals surface area contributed by atoms with Gasteiger partial charge in [0, 0.05) is 51.4 Å². The summed E-state index contributed by atoms with van der Waals surface area (Å²) >= 11 is 0. The number of hydroxylamine groups is 3. The summed E-state index contributed by atoms with van der Waals surface area (Å²) in [6, 6.07) is -1.50. The van der Waals surface area contributed by atoms with Gasteiger partial charge in [-0.25, -0.2) is 10.3 Å². The second-order valence-electron chi connectivity index (χ2n) is 8.07. The van der Waals surface area contributed by atoms with Crippen molar-refractivity contribution in [2.24, 2.45) is 0 Å². The van der Waals surface area contributed by atoms with Gasteiger partial charge in [-0.2, -0.15) is 13.5 Å². The molecule has 4 aliphatic rings. The van der Waals surface area contributed by atoms with Gasteiger partial charge in [0.15, 0.2) is 0 Å². The molecule has 3 amide bonds. The lowest BCUT2D eigenvalue weighted by atomic mass is 10.0. The smallest absolute Gasteiger partial charge is 0.314 e. The zero-order valence-electron chi connectivity index (χ0n) is 16.5. The van der Waals surface area contributed by atoms with E-state index < -0.39 is 34.4 Å². The summed E-state index contributed by atoms with van der Waals surface area (Å²) in [6.45, 7) is 5.40. The van der Waals surface area contributed by atoms with Crippen LogP contribution in [0.25, 0.3) is 0 Å². The molecule has 0 aromatic heterocycles. The average Bonchev–Trinajstić information content (AvgIpc) is 3.27. The van der Waals surface area contributed by atoms with Crippen LogP contribution in [-0.4, -0.2) is 110 Å². The lowest BCUT2D eigenvalue weighted by Gasteiger charge is -2.32. The summed E-state index contributed by atoms with van der Waals surface area (Å²) in [5.41, 5.74) is 2.42. The number of fused-ring (bicyclic) bond motifs is 2. The van der Waals surface area contributed by atoms with E-state index in [9.17, 15) is 18.0 Å². The number of piperazine rings is 1. The van der Waals surface area contributed by atoms with Crippen LogP contribution in [0.4, 0.5) is 4.79 Å². The molecule has 0 spiro atoms. The highest BCUT2D eigenvalue weighted by atomic mass is 32.3. The average molecular weight is 449 g/mol. The number of nitrogens with one attached hydrogen (secondary N) is 3. The summed E-state index contributed by atoms with van der Waals surface area (Å²) in [4.78, 5) is 34.0. The third-order valence-electron chi connectivity index (χ3n) is 6.12. The Morgan fingerprint density at radius 2 is 2.00 bits per heavy atom. The fraction of sp³-hybridized carbons (Fsp3) is 0.875. The molecule has 4 N–H and O–H groups in total. The number of urea groups is 1. The minimum atomic E-state index is -4.81. The molecule has 170 valence electrons. The third-order valence-corrected chi connectivity index (χ3v) is 6.47. The van der Waals surface area contributed by atoms with Gasteiger partial charge in [-0.1, -0.05) is 0 Å². The van der Waals surface area contributed by atoms with Crippen LogP contribution in [0, 0.1) is 0 Å². The molecule has 2 bridgehead atoms. The van der Waals surface area contributed by atoms with E-state index in [-0.39, 0.29) is 12.6 Å². The Morgan fingerprint density at radius 3 is 2.73 bits per heavy atom. The molecule has 13 nitrogen and oxygen atoms in total. The van der Waals surface area contributed by atoms with Gasteiger partial charge in [0.25, 0.3) is 5.91 Å². The summed E-state index contributed by atoms with van der Waals surface area (Å²) < 4.78 is 35.1. The van der Waals surface area contributed by atoms with Crippen LogP contribution in [0.2, 0.25) is 0 Å². The Labute approximate surface area is 174 Å². The van der Waals surface area contributed by atoms with E-state index in [1.165, 1.54) is 4.90 Å². The zero-order chi connectivity index (χ0) is 21.3. The van der Waals surface area contributed by atoms with Crippen LogP contribution in [0.3, 0.4) is 0 Å². The van der Waals surface area contributed by atoms with Crippen molar-refractivity contribution in [3.05, 3.63) is 0 Å². The van der Waals surface area contributed by atoms with Gasteiger partial charge >= 0.3 is 16.4 Å². The maximum Gasteiger partial charge on any atom is 0.418 e. The van der Waals surface area contributed by atoms with Crippen molar-refractivity contribution >= 4 is 22.3 Å². The van der Waals surface area contributed by atoms with E-state index >= 15 is 0 Å². The zero-order valence-corrected chi connectivity index (χ0v) is 17.3. The third kappa shape index (κ3) is 4.85. The number of carbonyl (C=O) groups is 2. The largest absolute Gasteiger partial charge is 0.418 e. The van der Waals surface area contributed by atoms with Crippen molar-refractivity contribution in [2.45, 2.75) is 43.4 Å². The first-order chi connectivity index (χ1) is 14.3. The number of hydrogen-bond acceptors (Lipinski definition) is 9. The first kappa shape index (κ1) is 21.7. The first-order valence-electron chi connectivity index (χ1n) is 10.2. The number of piperidine rings is 1. The van der Waals surface area contributed by atoms with E-state index in [1.807, 2.05) is 0 Å². The van der Waals surface area contributed by atoms with Crippen molar-refractivity contribution < 1.29 is 31.7 Å². The highest BCUT2D eigenvalue weighted by Gasteiger charge is 2.49. The molecule has 0 unspecified atom stereocenters. The van der Waals surface area contributed by atoms with Gasteiger partial charge in [-0.05, 0) is 19.3 Å². The Morgan fingerprint density at radius 1 is 1.23 bits per heavy atom. The number of nitrogens with zero attached hydrogens (tertiary/aromatic N) is 3. The lowest BCUT2D eigenvalue weighted by Crippen LogP contribution is -2.50. The molecule has 14 heteroatoms. The summed E-state index contributed by atoms with van der Waals surface area (Å²) in [7, 11) is -4.81. The number of rotatable bonds is 7. The molecule has 4 saturated heterocycles. The molecule has 4 atom stereocenters. The van der Waals surface area contributed by atoms with Gasteiger partial charge in [0.05, 0.1) is 12.6 Å². The molecule has 0 aromatic rings. The molecule has 30 heavy (non-hydrogen) atoms. The minimum absolute atomic E-state index is 0.132. The molecule has 0 radical (unpaired) electrons. The molecular formula is C16H28N6O7S. The second kappa shape index (κ2) is 8.90. The molecule has 0 saturated carbocycles. The summed E-state index contributed by atoms with van der Waals surface area (Å²) in [6.07, 6.45) is 1.64. The molecule has 4 aliphatic heterocycles. The number of hydrogen-bond donors (Lipinski definition) is 4. The van der Waals surface area contributed by atoms with Gasteiger partial charge in [0.2, 0.25) is 0 Å². The molecular weight excluding hydrogens is 420 g/mol. The summed E-state index contributed by atoms with van der Waals surface area (Å²) in [5.74, 6) is -0.466. The number of carbonyl (C=O) groups excluding carboxylic acids is 2. The van der Waals surface area contributed by atoms with Crippen molar-refractivity contribution in [3.8, 4) is 0 Å². The van der Waals surface area contributed by atoms with Crippen LogP contribution >= 0.6 is 0 Å². The predicted molar refractivity (Wildman–Crippen MR) is 102 cm³/mol. The Bertz CT molecular complexity index is 761. The van der Waals surface area contributed by atoms with E-state index in [1.54, 1.807) is 0 Å². The first-order valence-corrected chi connectivity index (χ1v) is 11.5. The minimum Gasteiger partial charge on any atom is -0.314 e. The fourth-order valence-corrected chi connectivity index (χ4v) is 5.02. The van der Waals surface area contributed by atoms with E-state index in [2.05, 4.69) is 25.3 Å². The van der Waals surface area contributed by atoms with Crippen molar-refractivity contribution in [2.75, 3.05) is 45.9 Å². The van der Waals surface area contributed by atoms with E-state index in [4.69, 9.17) is 9.39 Å². The Hall–Kier alpha value is -1.55. The van der Waals surface area contributed by atoms with Crippen molar-refractivity contribution in [1.29, 1.82) is 0 Å². The summed E-state index contributed by atoms with van der Waals surface area (Å²) in [5, 5.41) is 7.37. The Kier molecular flexibility index (Phi) is 6.43. The van der Waals surface area contributed by atoms with Crippen molar-refractivity contribution in [3.63, 3.8) is 0 Å². The maximum absolute atomic E-state index is 12.5. The van der Waals surface area contributed by atoms with Crippen LogP contribution in [-0.2, 0) is 24.3 Å². The predicted octanol–water partition coefficient (Wildman–Crippen LogP) is -2.33. The molecule has 4 fully saturated rings. The van der Waals surface area contributed by atoms with Crippen LogP contribution < -0.4 is 16.1 Å². The maximum atomic E-state index is 12.5. The number of amides is 3. The van der Waals surface area contributed by atoms with Gasteiger partial charge in [-0.3, -0.25) is 19.1 Å². The van der Waals surface area contributed by atoms with Gasteiger partial charge < -0.3 is 15.5 Å². The van der Waals surface area contributed by atoms with Crippen LogP contribution in [0.1, 0.15) is 19.3 Å². The lowest BCUT2D eigenvalue weighted by molar-refractivity contribution is -0.139. The highest BCUT2D eigenvalue weighted by Crippen LogP contribution is 2.30. The second-order valence-corrected chi connectivity index (χ2v) is 9.07. The van der Waals surface area contributed by atoms with Gasteiger partial charge in [-0.15, -0.1) is 4.28 Å². The van der Waals surface area contributed by atoms with E-state index in [0.717, 1.165) is 39.1 Å². The normalized spacial score (nSPS) is 32.6. The SMILES string of the molecule is O=C(NOC[C@@H]1C[C@@H](N2CCNCC2)CN1)[C@@H]1CC[C@@H]2CN1C(=O)N2OS(=O)(=O)O. The molecule has 0 aromatic carbocycles. The molecule has 0 aliphatic carbocycles. The quantitative estimate of drug-likeness (QED) is 0.246. The fourth-order valence-electron chi connectivity index (χ4n) is 4.64. The van der Waals surface area contributed by atoms with Crippen molar-refractivity contribution in [1.82, 2.24) is 31.0 Å². The van der Waals surface area contributed by atoms with E-state index in [0.29, 0.717) is 30.6 Å². The molecule has 4 heterocycles. The monoisotopic (exact) mass is 448 g/mol. The highest BCUT2D eigenvalue weighted by molar-refractivity contribution is 7.80. The molecule has 4 rings (SSSR count). The van der Waals surface area contributed by atoms with Crippen LogP contribution in [0.15, 0.2) is 0 Å². The standard InChI is InChI=1S/C16H28N6O7S/c23-15(14-2-1-12-9-21(14)16(24)22(12)29-30(25,26)27)19-28-10-11-7-13(8-18-11)20-5-3-17-4-6-20/h11-14,17-18H,1-10H2,(H,19,23)(H,25,26,27)/t11-,12+,13+,14-/m0/s1. The Balaban J connectivity index is 1.22. The van der Waals surface area contributed by atoms with Crippen LogP contribution in [0.5, 0.6) is 0 Å².